The highest BCUT2D eigenvalue weighted by molar-refractivity contribution is 6.19. The van der Waals surface area contributed by atoms with Gasteiger partial charge in [0.1, 0.15) is 16.7 Å². The number of fused-ring (bicyclic) bond motifs is 14. The maximum atomic E-state index is 7.32. The molecule has 0 amide bonds. The molecule has 9 aromatic carbocycles. The summed E-state index contributed by atoms with van der Waals surface area (Å²) in [5, 5.41) is 6.65. The molecule has 0 fully saturated rings. The van der Waals surface area contributed by atoms with E-state index in [0.717, 1.165) is 82.8 Å². The molecule has 61 heavy (non-hydrogen) atoms. The van der Waals surface area contributed by atoms with E-state index in [1.807, 2.05) is 6.07 Å². The van der Waals surface area contributed by atoms with Crippen molar-refractivity contribution in [1.82, 2.24) is 0 Å². The predicted octanol–water partition coefficient (Wildman–Crippen LogP) is 16.4. The number of furan rings is 2. The zero-order chi connectivity index (χ0) is 40.8. The molecular formula is C58H41NO2. The Hall–Kier alpha value is -7.36. The molecule has 2 heterocycles. The molecule has 0 saturated carbocycles. The molecule has 2 aliphatic rings. The number of rotatable bonds is 4. The molecule has 0 spiro atoms. The highest BCUT2D eigenvalue weighted by Crippen LogP contribution is 2.55. The summed E-state index contributed by atoms with van der Waals surface area (Å²) in [4.78, 5) is 2.43. The molecular weight excluding hydrogens is 743 g/mol. The Morgan fingerprint density at radius 3 is 1.69 bits per heavy atom. The van der Waals surface area contributed by atoms with Gasteiger partial charge in [-0.15, -0.1) is 0 Å². The van der Waals surface area contributed by atoms with Gasteiger partial charge in [-0.3, -0.25) is 0 Å². The topological polar surface area (TPSA) is 29.5 Å². The molecule has 3 heteroatoms. The van der Waals surface area contributed by atoms with Crippen LogP contribution in [-0.4, -0.2) is 0 Å². The average Bonchev–Trinajstić information content (AvgIpc) is 3.99. The molecule has 0 radical (unpaired) electrons. The third kappa shape index (κ3) is 4.69. The molecule has 290 valence electrons. The van der Waals surface area contributed by atoms with Gasteiger partial charge in [-0.2, -0.15) is 0 Å². The van der Waals surface area contributed by atoms with Crippen molar-refractivity contribution in [2.75, 3.05) is 4.90 Å². The van der Waals surface area contributed by atoms with Crippen molar-refractivity contribution in [2.45, 2.75) is 38.5 Å². The van der Waals surface area contributed by atoms with Crippen LogP contribution in [-0.2, 0) is 10.8 Å². The lowest BCUT2D eigenvalue weighted by molar-refractivity contribution is 0.660. The number of hydrogen-bond acceptors (Lipinski definition) is 3. The van der Waals surface area contributed by atoms with Crippen LogP contribution in [0, 0.1) is 0 Å². The average molecular weight is 784 g/mol. The second-order valence-electron chi connectivity index (χ2n) is 18.0. The zero-order valence-electron chi connectivity index (χ0n) is 34.5. The zero-order valence-corrected chi connectivity index (χ0v) is 34.5. The molecule has 11 aromatic rings. The van der Waals surface area contributed by atoms with E-state index in [2.05, 4.69) is 202 Å². The Morgan fingerprint density at radius 2 is 0.902 bits per heavy atom. The van der Waals surface area contributed by atoms with E-state index in [-0.39, 0.29) is 10.8 Å². The van der Waals surface area contributed by atoms with Gasteiger partial charge in [0, 0.05) is 55.1 Å². The van der Waals surface area contributed by atoms with Crippen LogP contribution >= 0.6 is 0 Å². The first-order chi connectivity index (χ1) is 29.8. The van der Waals surface area contributed by atoms with Crippen molar-refractivity contribution >= 4 is 71.7 Å². The summed E-state index contributed by atoms with van der Waals surface area (Å²) >= 11 is 0. The summed E-state index contributed by atoms with van der Waals surface area (Å²) < 4.78 is 13.9. The maximum Gasteiger partial charge on any atom is 0.160 e. The number of benzene rings is 9. The minimum absolute atomic E-state index is 0.156. The van der Waals surface area contributed by atoms with Gasteiger partial charge in [-0.1, -0.05) is 149 Å². The van der Waals surface area contributed by atoms with Crippen LogP contribution < -0.4 is 4.90 Å². The highest BCUT2D eigenvalue weighted by Gasteiger charge is 2.38. The van der Waals surface area contributed by atoms with Crippen LogP contribution in [0.15, 0.2) is 185 Å². The molecule has 13 rings (SSSR count). The third-order valence-electron chi connectivity index (χ3n) is 14.1. The van der Waals surface area contributed by atoms with Crippen LogP contribution in [0.1, 0.15) is 49.9 Å². The van der Waals surface area contributed by atoms with Crippen LogP contribution in [0.5, 0.6) is 0 Å². The fourth-order valence-electron chi connectivity index (χ4n) is 11.0. The summed E-state index contributed by atoms with van der Waals surface area (Å²) in [6, 6.07) is 64.4. The smallest absolute Gasteiger partial charge is 0.160 e. The van der Waals surface area contributed by atoms with Gasteiger partial charge in [-0.05, 0) is 104 Å². The van der Waals surface area contributed by atoms with Crippen molar-refractivity contribution in [3.05, 3.63) is 198 Å². The molecule has 0 N–H and O–H groups in total. The molecule has 3 nitrogen and oxygen atoms in total. The van der Waals surface area contributed by atoms with Gasteiger partial charge in [0.25, 0.3) is 0 Å². The summed E-state index contributed by atoms with van der Waals surface area (Å²) in [6.07, 6.45) is 0. The second kappa shape index (κ2) is 12.1. The van der Waals surface area contributed by atoms with E-state index < -0.39 is 0 Å². The number of anilines is 3. The van der Waals surface area contributed by atoms with Crippen LogP contribution in [0.2, 0.25) is 0 Å². The predicted molar refractivity (Wildman–Crippen MR) is 254 cm³/mol. The Morgan fingerprint density at radius 1 is 0.361 bits per heavy atom. The van der Waals surface area contributed by atoms with Gasteiger partial charge in [0.05, 0.1) is 11.4 Å². The Kier molecular flexibility index (Phi) is 6.85. The minimum Gasteiger partial charge on any atom is -0.456 e. The SMILES string of the molecule is CC1(C)c2ccccc2-c2ccc(-c3ccc4c(oc5c6ccccc6ccc45)c3N(c3ccc4c(c3)C(C)(C)c3ccccc3-4)c3ccc4c(c3)oc3ccccc34)cc21. The van der Waals surface area contributed by atoms with E-state index in [0.29, 0.717) is 0 Å². The first-order valence-electron chi connectivity index (χ1n) is 21.3. The normalized spacial score (nSPS) is 14.5. The quantitative estimate of drug-likeness (QED) is 0.178. The molecule has 0 aliphatic heterocycles. The summed E-state index contributed by atoms with van der Waals surface area (Å²) in [7, 11) is 0. The van der Waals surface area contributed by atoms with E-state index in [1.165, 1.54) is 44.5 Å². The lowest BCUT2D eigenvalue weighted by Crippen LogP contribution is -2.17. The fraction of sp³-hybridized carbons (Fsp3) is 0.103. The van der Waals surface area contributed by atoms with E-state index in [9.17, 15) is 0 Å². The standard InChI is InChI=1S/C58H41NO2/c1-57(2)48-18-10-7-15-40(48)42-25-22-35(31-50(42)57)38-29-30-47-46-26-21-34-13-5-6-14-39(34)55(46)61-56(47)54(38)59(37-24-28-45-44-17-9-12-20-52(44)60-53(45)33-37)36-23-27-43-41-16-8-11-19-49(41)58(3,4)51(43)32-36/h5-33H,1-4H3. The van der Waals surface area contributed by atoms with Crippen LogP contribution in [0.4, 0.5) is 17.1 Å². The van der Waals surface area contributed by atoms with Crippen LogP contribution in [0.25, 0.3) is 88.0 Å². The van der Waals surface area contributed by atoms with Gasteiger partial charge in [0.2, 0.25) is 0 Å². The monoisotopic (exact) mass is 783 g/mol. The third-order valence-corrected chi connectivity index (χ3v) is 14.1. The summed E-state index contributed by atoms with van der Waals surface area (Å²) in [6.45, 7) is 9.42. The number of para-hydroxylation sites is 1. The molecule has 2 aliphatic carbocycles. The van der Waals surface area contributed by atoms with E-state index in [4.69, 9.17) is 8.83 Å². The van der Waals surface area contributed by atoms with Gasteiger partial charge >= 0.3 is 0 Å². The lowest BCUT2D eigenvalue weighted by atomic mass is 9.81. The Labute approximate surface area is 354 Å². The largest absolute Gasteiger partial charge is 0.456 e. The van der Waals surface area contributed by atoms with E-state index >= 15 is 0 Å². The van der Waals surface area contributed by atoms with Crippen LogP contribution in [0.3, 0.4) is 0 Å². The molecule has 0 atom stereocenters. The molecule has 2 aromatic heterocycles. The first kappa shape index (κ1) is 34.5. The second-order valence-corrected chi connectivity index (χ2v) is 18.0. The van der Waals surface area contributed by atoms with Crippen molar-refractivity contribution in [2.24, 2.45) is 0 Å². The molecule has 0 unspecified atom stereocenters. The Balaban J connectivity index is 1.14. The molecule has 0 saturated heterocycles. The van der Waals surface area contributed by atoms with Gasteiger partial charge in [-0.25, -0.2) is 0 Å². The Bertz CT molecular complexity index is 3670. The molecule has 0 bridgehead atoms. The van der Waals surface area contributed by atoms with E-state index in [1.54, 1.807) is 0 Å². The van der Waals surface area contributed by atoms with Crippen molar-refractivity contribution in [3.8, 4) is 33.4 Å². The minimum atomic E-state index is -0.190. The number of nitrogens with zero attached hydrogens (tertiary/aromatic N) is 1. The van der Waals surface area contributed by atoms with Crippen molar-refractivity contribution in [3.63, 3.8) is 0 Å². The van der Waals surface area contributed by atoms with Crippen molar-refractivity contribution < 1.29 is 8.83 Å². The fourth-order valence-corrected chi connectivity index (χ4v) is 11.0. The van der Waals surface area contributed by atoms with Gasteiger partial charge in [0.15, 0.2) is 5.58 Å². The number of hydrogen-bond donors (Lipinski definition) is 0. The summed E-state index contributed by atoms with van der Waals surface area (Å²) in [5.74, 6) is 0. The summed E-state index contributed by atoms with van der Waals surface area (Å²) in [5.41, 5.74) is 19.0. The maximum absolute atomic E-state index is 7.32. The van der Waals surface area contributed by atoms with Crippen molar-refractivity contribution in [1.29, 1.82) is 0 Å². The highest BCUT2D eigenvalue weighted by atomic mass is 16.3. The first-order valence-corrected chi connectivity index (χ1v) is 21.3. The lowest BCUT2D eigenvalue weighted by Gasteiger charge is -2.30. The van der Waals surface area contributed by atoms with Gasteiger partial charge < -0.3 is 13.7 Å².